The zero-order chi connectivity index (χ0) is 20.2. The number of nitrogens with zero attached hydrogens (tertiary/aromatic N) is 2. The van der Waals surface area contributed by atoms with E-state index in [0.717, 1.165) is 0 Å². The normalized spacial score (nSPS) is 17.2. The minimum absolute atomic E-state index is 0.109. The molecule has 0 saturated carbocycles. The molecule has 142 valence electrons. The molecule has 2 heterocycles. The summed E-state index contributed by atoms with van der Waals surface area (Å²) in [7, 11) is 0. The lowest BCUT2D eigenvalue weighted by atomic mass is 9.87. The highest BCUT2D eigenvalue weighted by Gasteiger charge is 2.46. The highest BCUT2D eigenvalue weighted by Crippen LogP contribution is 2.42. The van der Waals surface area contributed by atoms with Crippen LogP contribution in [0, 0.1) is 5.82 Å². The summed E-state index contributed by atoms with van der Waals surface area (Å²) >= 11 is 0. The molecule has 0 spiro atoms. The molecule has 29 heavy (non-hydrogen) atoms. The molecule has 0 aliphatic carbocycles. The number of Topliss-reactive ketones (excluding diaryl/α,β-unsaturated/α-hetero) is 1. The van der Waals surface area contributed by atoms with Crippen LogP contribution in [0.25, 0.3) is 16.6 Å². The van der Waals surface area contributed by atoms with Gasteiger partial charge in [-0.25, -0.2) is 9.37 Å². The molecule has 0 saturated heterocycles. The first-order valence-electron chi connectivity index (χ1n) is 9.12. The second kappa shape index (κ2) is 6.18. The molecule has 0 fully saturated rings. The van der Waals surface area contributed by atoms with Crippen LogP contribution in [0.1, 0.15) is 28.2 Å². The number of hydrogen-bond acceptors (Lipinski definition) is 4. The highest BCUT2D eigenvalue weighted by atomic mass is 19.1. The molecule has 1 N–H and O–H groups in total. The summed E-state index contributed by atoms with van der Waals surface area (Å²) in [6.45, 7) is 0. The van der Waals surface area contributed by atoms with Gasteiger partial charge in [0.1, 0.15) is 5.82 Å². The number of rotatable bonds is 3. The van der Waals surface area contributed by atoms with Crippen molar-refractivity contribution < 1.29 is 14.3 Å². The summed E-state index contributed by atoms with van der Waals surface area (Å²) < 4.78 is 14.6. The Kier molecular flexibility index (Phi) is 3.72. The van der Waals surface area contributed by atoms with E-state index in [9.17, 15) is 19.1 Å². The summed E-state index contributed by atoms with van der Waals surface area (Å²) in [5, 5.41) is 12.1. The highest BCUT2D eigenvalue weighted by molar-refractivity contribution is 5.97. The Morgan fingerprint density at radius 2 is 1.69 bits per heavy atom. The van der Waals surface area contributed by atoms with Crippen molar-refractivity contribution in [3.63, 3.8) is 0 Å². The zero-order valence-electron chi connectivity index (χ0n) is 15.2. The van der Waals surface area contributed by atoms with E-state index in [1.165, 1.54) is 28.8 Å². The summed E-state index contributed by atoms with van der Waals surface area (Å²) in [6.07, 6.45) is -0.319. The van der Waals surface area contributed by atoms with Gasteiger partial charge in [0.15, 0.2) is 17.2 Å². The summed E-state index contributed by atoms with van der Waals surface area (Å²) in [6, 6.07) is 19.0. The van der Waals surface area contributed by atoms with Crippen molar-refractivity contribution in [2.45, 2.75) is 12.0 Å². The van der Waals surface area contributed by atoms with Crippen molar-refractivity contribution in [2.24, 2.45) is 0 Å². The lowest BCUT2D eigenvalue weighted by Gasteiger charge is -2.23. The van der Waals surface area contributed by atoms with Gasteiger partial charge < -0.3 is 5.11 Å². The lowest BCUT2D eigenvalue weighted by Crippen LogP contribution is -2.32. The van der Waals surface area contributed by atoms with Crippen molar-refractivity contribution in [3.05, 3.63) is 106 Å². The number of para-hydroxylation sites is 2. The van der Waals surface area contributed by atoms with Crippen molar-refractivity contribution >= 4 is 16.7 Å². The van der Waals surface area contributed by atoms with Crippen LogP contribution in [0.4, 0.5) is 4.39 Å². The van der Waals surface area contributed by atoms with E-state index in [-0.39, 0.29) is 29.2 Å². The van der Waals surface area contributed by atoms with E-state index < -0.39 is 11.4 Å². The monoisotopic (exact) mass is 386 g/mol. The zero-order valence-corrected chi connectivity index (χ0v) is 15.2. The first-order chi connectivity index (χ1) is 14.0. The third kappa shape index (κ3) is 2.53. The van der Waals surface area contributed by atoms with Crippen LogP contribution >= 0.6 is 0 Å². The number of fused-ring (bicyclic) bond motifs is 4. The molecule has 1 aliphatic heterocycles. The second-order valence-corrected chi connectivity index (χ2v) is 7.08. The number of benzene rings is 3. The average Bonchev–Trinajstić information content (AvgIpc) is 2.98. The van der Waals surface area contributed by atoms with Gasteiger partial charge in [-0.05, 0) is 42.5 Å². The summed E-state index contributed by atoms with van der Waals surface area (Å²) in [5.41, 5.74) is -0.410. The number of hydrogen-bond donors (Lipinski definition) is 1. The Morgan fingerprint density at radius 3 is 2.48 bits per heavy atom. The minimum Gasteiger partial charge on any atom is -0.377 e. The minimum atomic E-state index is -1.77. The maximum atomic E-state index is 13.2. The van der Waals surface area contributed by atoms with E-state index in [1.807, 2.05) is 0 Å². The number of halogens is 1. The van der Waals surface area contributed by atoms with E-state index >= 15 is 0 Å². The fraction of sp³-hybridized carbons (Fsp3) is 0.0870. The van der Waals surface area contributed by atoms with Crippen molar-refractivity contribution in [2.75, 3.05) is 0 Å². The van der Waals surface area contributed by atoms with Crippen molar-refractivity contribution in [3.8, 4) is 5.69 Å². The molecule has 0 bridgehead atoms. The largest absolute Gasteiger partial charge is 0.377 e. The molecule has 0 radical (unpaired) electrons. The van der Waals surface area contributed by atoms with Gasteiger partial charge in [-0.15, -0.1) is 0 Å². The molecule has 1 aliphatic rings. The Hall–Kier alpha value is -3.64. The lowest BCUT2D eigenvalue weighted by molar-refractivity contribution is 0.0562. The Morgan fingerprint density at radius 1 is 1.00 bits per heavy atom. The molecular weight excluding hydrogens is 371 g/mol. The van der Waals surface area contributed by atoms with Crippen LogP contribution < -0.4 is 5.56 Å². The van der Waals surface area contributed by atoms with Gasteiger partial charge in [-0.1, -0.05) is 30.3 Å². The summed E-state index contributed by atoms with van der Waals surface area (Å²) in [5.74, 6) is -0.715. The van der Waals surface area contributed by atoms with Crippen LogP contribution in [0.5, 0.6) is 0 Å². The van der Waals surface area contributed by atoms with Crippen LogP contribution in [0.3, 0.4) is 0 Å². The molecular formula is C23H15FN2O3. The van der Waals surface area contributed by atoms with Crippen LogP contribution in [-0.4, -0.2) is 20.4 Å². The van der Waals surface area contributed by atoms with E-state index in [0.29, 0.717) is 22.2 Å². The predicted octanol–water partition coefficient (Wildman–Crippen LogP) is 3.35. The average molecular weight is 386 g/mol. The molecule has 1 aromatic heterocycles. The molecule has 3 aromatic carbocycles. The van der Waals surface area contributed by atoms with E-state index in [1.54, 1.807) is 48.5 Å². The van der Waals surface area contributed by atoms with Gasteiger partial charge >= 0.3 is 0 Å². The van der Waals surface area contributed by atoms with Gasteiger partial charge in [0, 0.05) is 11.1 Å². The van der Waals surface area contributed by atoms with Crippen LogP contribution in [0.2, 0.25) is 0 Å². The molecule has 5 rings (SSSR count). The molecule has 1 atom stereocenters. The number of aromatic nitrogens is 2. The quantitative estimate of drug-likeness (QED) is 0.548. The van der Waals surface area contributed by atoms with Gasteiger partial charge in [0.05, 0.1) is 23.0 Å². The molecule has 1 unspecified atom stereocenters. The number of aliphatic hydroxyl groups is 1. The SMILES string of the molecule is O=C(CC1(O)c2ccccc2-n2c1nc1ccccc1c2=O)c1ccc(F)cc1. The van der Waals surface area contributed by atoms with Crippen LogP contribution in [0.15, 0.2) is 77.6 Å². The number of ketones is 1. The third-order valence-corrected chi connectivity index (χ3v) is 5.32. The first-order valence-corrected chi connectivity index (χ1v) is 9.12. The Bertz CT molecular complexity index is 1340. The second-order valence-electron chi connectivity index (χ2n) is 7.08. The maximum Gasteiger partial charge on any atom is 0.266 e. The van der Waals surface area contributed by atoms with Crippen molar-refractivity contribution in [1.29, 1.82) is 0 Å². The topological polar surface area (TPSA) is 72.2 Å². The Balaban J connectivity index is 1.72. The molecule has 6 heteroatoms. The molecule has 0 amide bonds. The van der Waals surface area contributed by atoms with Crippen molar-refractivity contribution in [1.82, 2.24) is 9.55 Å². The number of carbonyl (C=O) groups excluding carboxylic acids is 1. The predicted molar refractivity (Wildman–Crippen MR) is 106 cm³/mol. The van der Waals surface area contributed by atoms with Gasteiger partial charge in [0.2, 0.25) is 0 Å². The third-order valence-electron chi connectivity index (χ3n) is 5.32. The van der Waals surface area contributed by atoms with Gasteiger partial charge in [-0.2, -0.15) is 0 Å². The first kappa shape index (κ1) is 17.5. The fourth-order valence-electron chi connectivity index (χ4n) is 3.92. The smallest absolute Gasteiger partial charge is 0.266 e. The van der Waals surface area contributed by atoms with E-state index in [4.69, 9.17) is 0 Å². The molecule has 4 aromatic rings. The molecule has 5 nitrogen and oxygen atoms in total. The fourth-order valence-corrected chi connectivity index (χ4v) is 3.92. The summed E-state index contributed by atoms with van der Waals surface area (Å²) in [4.78, 5) is 30.6. The maximum absolute atomic E-state index is 13.2. The number of carbonyl (C=O) groups is 1. The van der Waals surface area contributed by atoms with Crippen LogP contribution in [-0.2, 0) is 5.60 Å². The Labute approximate surface area is 164 Å². The standard InChI is InChI=1S/C23H15FN2O3/c24-15-11-9-14(10-12-15)20(27)13-23(29)17-6-2-4-8-19(17)26-21(28)16-5-1-3-7-18(16)25-22(23)26/h1-12,29H,13H2. The van der Waals surface area contributed by atoms with Gasteiger partial charge in [0.25, 0.3) is 5.56 Å². The van der Waals surface area contributed by atoms with Gasteiger partial charge in [-0.3, -0.25) is 14.2 Å². The van der Waals surface area contributed by atoms with E-state index in [2.05, 4.69) is 4.98 Å².